The average molecular weight is 440 g/mol. The van der Waals surface area contributed by atoms with Gasteiger partial charge in [0.2, 0.25) is 11.9 Å². The number of amides is 2. The van der Waals surface area contributed by atoms with Crippen molar-refractivity contribution in [2.45, 2.75) is 25.3 Å². The lowest BCUT2D eigenvalue weighted by Crippen LogP contribution is -2.33. The third-order valence-corrected chi connectivity index (χ3v) is 6.60. The smallest absolute Gasteiger partial charge is 0.267 e. The summed E-state index contributed by atoms with van der Waals surface area (Å²) in [7, 11) is 0. The van der Waals surface area contributed by atoms with Gasteiger partial charge >= 0.3 is 0 Å². The van der Waals surface area contributed by atoms with Crippen LogP contribution >= 0.6 is 0 Å². The van der Waals surface area contributed by atoms with Gasteiger partial charge in [-0.1, -0.05) is 0 Å². The zero-order valence-electron chi connectivity index (χ0n) is 17.2. The van der Waals surface area contributed by atoms with Crippen LogP contribution in [0.3, 0.4) is 0 Å². The molecule has 2 N–H and O–H groups in total. The molecule has 1 saturated carbocycles. The topological polar surface area (TPSA) is 105 Å². The number of nitrogens with zero attached hydrogens (tertiary/aromatic N) is 5. The van der Waals surface area contributed by atoms with E-state index in [9.17, 15) is 18.4 Å². The summed E-state index contributed by atoms with van der Waals surface area (Å²) in [5.74, 6) is -1.19. The summed E-state index contributed by atoms with van der Waals surface area (Å²) < 4.78 is 27.4. The van der Waals surface area contributed by atoms with E-state index in [0.717, 1.165) is 6.07 Å². The van der Waals surface area contributed by atoms with E-state index in [0.29, 0.717) is 55.7 Å². The van der Waals surface area contributed by atoms with Gasteiger partial charge in [-0.25, -0.2) is 23.8 Å². The largest absolute Gasteiger partial charge is 0.364 e. The molecule has 3 aliphatic rings. The molecule has 1 aromatic carbocycles. The number of hydrazone groups is 1. The SMILES string of the molecule is NC(=O)c1ccnc(N2CC3CC(C(=O)N4N=CCC4c4cc(F)cc(F)c4)CC3C2)n1. The molecule has 1 saturated heterocycles. The van der Waals surface area contributed by atoms with Gasteiger partial charge in [-0.15, -0.1) is 0 Å². The lowest BCUT2D eigenvalue weighted by molar-refractivity contribution is -0.137. The molecule has 1 aromatic heterocycles. The molecule has 2 fully saturated rings. The first-order valence-corrected chi connectivity index (χ1v) is 10.6. The number of aromatic nitrogens is 2. The Morgan fingerprint density at radius 1 is 1.06 bits per heavy atom. The van der Waals surface area contributed by atoms with Gasteiger partial charge in [-0.05, 0) is 48.4 Å². The van der Waals surface area contributed by atoms with Crippen molar-refractivity contribution in [1.29, 1.82) is 0 Å². The fourth-order valence-corrected chi connectivity index (χ4v) is 5.16. The molecule has 32 heavy (non-hydrogen) atoms. The van der Waals surface area contributed by atoms with Crippen molar-refractivity contribution in [2.24, 2.45) is 28.6 Å². The number of hydrogen-bond acceptors (Lipinski definition) is 6. The number of benzene rings is 1. The minimum atomic E-state index is -0.669. The second kappa shape index (κ2) is 7.92. The average Bonchev–Trinajstić information content (AvgIpc) is 3.47. The second-order valence-corrected chi connectivity index (χ2v) is 8.63. The van der Waals surface area contributed by atoms with Crippen LogP contribution in [-0.2, 0) is 4.79 Å². The van der Waals surface area contributed by atoms with E-state index in [2.05, 4.69) is 15.1 Å². The Hall–Kier alpha value is -3.43. The standard InChI is InChI=1S/C22H22F2N6O2/c23-16-7-12(8-17(24)9-16)19-2-4-27-30(19)21(32)13-5-14-10-29(11-15(14)6-13)22-26-3-1-18(28-22)20(25)31/h1,3-4,7-9,13-15,19H,2,5-6,10-11H2,(H2,25,31). The molecule has 3 heterocycles. The molecule has 5 rings (SSSR count). The molecule has 10 heteroatoms. The van der Waals surface area contributed by atoms with Crippen LogP contribution in [-0.4, -0.2) is 46.1 Å². The first-order chi connectivity index (χ1) is 15.4. The summed E-state index contributed by atoms with van der Waals surface area (Å²) in [5.41, 5.74) is 5.89. The molecular weight excluding hydrogens is 418 g/mol. The molecule has 166 valence electrons. The molecule has 3 unspecified atom stereocenters. The summed E-state index contributed by atoms with van der Waals surface area (Å²) in [6.45, 7) is 1.39. The molecular formula is C22H22F2N6O2. The number of rotatable bonds is 4. The number of carbonyl (C=O) groups excluding carboxylic acids is 2. The van der Waals surface area contributed by atoms with Crippen molar-refractivity contribution in [2.75, 3.05) is 18.0 Å². The van der Waals surface area contributed by atoms with Crippen molar-refractivity contribution < 1.29 is 18.4 Å². The number of halogens is 2. The predicted molar refractivity (Wildman–Crippen MR) is 112 cm³/mol. The predicted octanol–water partition coefficient (Wildman–Crippen LogP) is 2.28. The van der Waals surface area contributed by atoms with Crippen molar-refractivity contribution in [3.05, 3.63) is 53.4 Å². The highest BCUT2D eigenvalue weighted by molar-refractivity contribution is 5.90. The number of fused-ring (bicyclic) bond motifs is 1. The minimum absolute atomic E-state index is 0.110. The number of anilines is 1. The first-order valence-electron chi connectivity index (χ1n) is 10.6. The molecule has 2 aromatic rings. The third kappa shape index (κ3) is 3.69. The highest BCUT2D eigenvalue weighted by atomic mass is 19.1. The minimum Gasteiger partial charge on any atom is -0.364 e. The molecule has 0 bridgehead atoms. The summed E-state index contributed by atoms with van der Waals surface area (Å²) in [6, 6.07) is 4.32. The van der Waals surface area contributed by atoms with E-state index in [1.54, 1.807) is 6.21 Å². The Morgan fingerprint density at radius 3 is 2.41 bits per heavy atom. The maximum atomic E-state index is 13.7. The lowest BCUT2D eigenvalue weighted by Gasteiger charge is -2.26. The lowest BCUT2D eigenvalue weighted by atomic mass is 10.0. The van der Waals surface area contributed by atoms with Crippen LogP contribution in [0.5, 0.6) is 0 Å². The Morgan fingerprint density at radius 2 is 1.75 bits per heavy atom. The van der Waals surface area contributed by atoms with Crippen molar-refractivity contribution >= 4 is 24.0 Å². The molecule has 1 aliphatic carbocycles. The van der Waals surface area contributed by atoms with Crippen LogP contribution in [0, 0.1) is 29.4 Å². The quantitative estimate of drug-likeness (QED) is 0.785. The van der Waals surface area contributed by atoms with Crippen molar-refractivity contribution in [3.63, 3.8) is 0 Å². The monoisotopic (exact) mass is 440 g/mol. The highest BCUT2D eigenvalue weighted by Gasteiger charge is 2.46. The van der Waals surface area contributed by atoms with Crippen LogP contribution in [0.25, 0.3) is 0 Å². The summed E-state index contributed by atoms with van der Waals surface area (Å²) in [5, 5.41) is 5.61. The van der Waals surface area contributed by atoms with E-state index in [-0.39, 0.29) is 17.5 Å². The van der Waals surface area contributed by atoms with Gasteiger partial charge in [0.1, 0.15) is 17.3 Å². The van der Waals surface area contributed by atoms with E-state index in [1.165, 1.54) is 29.4 Å². The van der Waals surface area contributed by atoms with Gasteiger partial charge in [0.25, 0.3) is 5.91 Å². The highest BCUT2D eigenvalue weighted by Crippen LogP contribution is 2.44. The Bertz CT molecular complexity index is 1080. The maximum Gasteiger partial charge on any atom is 0.267 e. The van der Waals surface area contributed by atoms with Crippen LogP contribution in [0.2, 0.25) is 0 Å². The number of primary amides is 1. The van der Waals surface area contributed by atoms with E-state index < -0.39 is 23.6 Å². The Balaban J connectivity index is 1.26. The molecule has 0 spiro atoms. The molecule has 2 aliphatic heterocycles. The zero-order valence-corrected chi connectivity index (χ0v) is 17.2. The normalized spacial score (nSPS) is 26.6. The van der Waals surface area contributed by atoms with Crippen LogP contribution in [0.15, 0.2) is 35.6 Å². The van der Waals surface area contributed by atoms with Gasteiger partial charge in [0.15, 0.2) is 0 Å². The van der Waals surface area contributed by atoms with E-state index in [4.69, 9.17) is 5.73 Å². The Kier molecular flexibility index (Phi) is 5.07. The Labute approximate surface area is 183 Å². The molecule has 3 atom stereocenters. The molecule has 0 radical (unpaired) electrons. The van der Waals surface area contributed by atoms with E-state index in [1.807, 2.05) is 4.90 Å². The van der Waals surface area contributed by atoms with Crippen LogP contribution < -0.4 is 10.6 Å². The number of nitrogens with two attached hydrogens (primary N) is 1. The zero-order chi connectivity index (χ0) is 22.4. The summed E-state index contributed by atoms with van der Waals surface area (Å²) in [4.78, 5) is 35.2. The molecule has 8 nitrogen and oxygen atoms in total. The number of carbonyl (C=O) groups is 2. The van der Waals surface area contributed by atoms with Crippen molar-refractivity contribution in [3.8, 4) is 0 Å². The first kappa shape index (κ1) is 20.5. The fourth-order valence-electron chi connectivity index (χ4n) is 5.16. The molecule has 2 amide bonds. The summed E-state index contributed by atoms with van der Waals surface area (Å²) >= 11 is 0. The van der Waals surface area contributed by atoms with Gasteiger partial charge in [-0.2, -0.15) is 5.10 Å². The van der Waals surface area contributed by atoms with Gasteiger partial charge in [0, 0.05) is 43.9 Å². The van der Waals surface area contributed by atoms with Crippen LogP contribution in [0.1, 0.15) is 41.4 Å². The van der Waals surface area contributed by atoms with Gasteiger partial charge in [0.05, 0.1) is 6.04 Å². The van der Waals surface area contributed by atoms with Gasteiger partial charge in [-0.3, -0.25) is 9.59 Å². The van der Waals surface area contributed by atoms with Crippen molar-refractivity contribution in [1.82, 2.24) is 15.0 Å². The number of hydrogen-bond donors (Lipinski definition) is 1. The van der Waals surface area contributed by atoms with E-state index >= 15 is 0 Å². The van der Waals surface area contributed by atoms with Crippen LogP contribution in [0.4, 0.5) is 14.7 Å². The maximum absolute atomic E-state index is 13.7. The summed E-state index contributed by atoms with van der Waals surface area (Å²) in [6.07, 6.45) is 4.96. The van der Waals surface area contributed by atoms with Gasteiger partial charge < -0.3 is 10.6 Å². The third-order valence-electron chi connectivity index (χ3n) is 6.60. The second-order valence-electron chi connectivity index (χ2n) is 8.63. The fraction of sp³-hybridized carbons (Fsp3) is 0.409.